The number of thiazole rings is 1. The summed E-state index contributed by atoms with van der Waals surface area (Å²) in [5.41, 5.74) is 1.19. The minimum atomic E-state index is -0.668. The van der Waals surface area contributed by atoms with Crippen molar-refractivity contribution in [1.82, 2.24) is 36.1 Å². The summed E-state index contributed by atoms with van der Waals surface area (Å²) >= 11 is 1.29. The van der Waals surface area contributed by atoms with Crippen molar-refractivity contribution in [2.24, 2.45) is 11.8 Å². The van der Waals surface area contributed by atoms with Crippen LogP contribution >= 0.6 is 11.3 Å². The van der Waals surface area contributed by atoms with Gasteiger partial charge in [0, 0.05) is 31.4 Å². The molecule has 4 N–H and O–H groups in total. The lowest BCUT2D eigenvalue weighted by Gasteiger charge is -2.30. The van der Waals surface area contributed by atoms with Crippen LogP contribution in [0.25, 0.3) is 0 Å². The fourth-order valence-corrected chi connectivity index (χ4v) is 6.28. The average molecular weight is 608 g/mol. The summed E-state index contributed by atoms with van der Waals surface area (Å²) in [5, 5.41) is 14.3. The first-order valence-corrected chi connectivity index (χ1v) is 15.5. The second-order valence-electron chi connectivity index (χ2n) is 11.2. The van der Waals surface area contributed by atoms with Gasteiger partial charge in [-0.3, -0.25) is 19.2 Å². The summed E-state index contributed by atoms with van der Waals surface area (Å²) in [5.74, 6) is -1.47. The Morgan fingerprint density at radius 3 is 2.63 bits per heavy atom. The van der Waals surface area contributed by atoms with Gasteiger partial charge in [-0.2, -0.15) is 0 Å². The molecular formula is C30H37N7O5S. The van der Waals surface area contributed by atoms with Crippen molar-refractivity contribution in [3.8, 4) is 0 Å². The third kappa shape index (κ3) is 7.65. The molecule has 1 aromatic carbocycles. The van der Waals surface area contributed by atoms with Gasteiger partial charge in [0.1, 0.15) is 23.0 Å². The molecule has 1 saturated heterocycles. The van der Waals surface area contributed by atoms with Crippen LogP contribution in [0.2, 0.25) is 0 Å². The van der Waals surface area contributed by atoms with E-state index >= 15 is 0 Å². The molecule has 228 valence electrons. The van der Waals surface area contributed by atoms with Crippen molar-refractivity contribution >= 4 is 35.0 Å². The van der Waals surface area contributed by atoms with Gasteiger partial charge in [-0.25, -0.2) is 9.97 Å². The number of oxazole rings is 1. The van der Waals surface area contributed by atoms with Crippen LogP contribution in [0, 0.1) is 11.8 Å². The van der Waals surface area contributed by atoms with Crippen LogP contribution < -0.4 is 21.3 Å². The molecule has 4 bridgehead atoms. The van der Waals surface area contributed by atoms with Crippen molar-refractivity contribution < 1.29 is 23.6 Å². The van der Waals surface area contributed by atoms with Gasteiger partial charge < -0.3 is 30.6 Å². The predicted molar refractivity (Wildman–Crippen MR) is 159 cm³/mol. The van der Waals surface area contributed by atoms with Gasteiger partial charge in [0.25, 0.3) is 11.8 Å². The van der Waals surface area contributed by atoms with E-state index in [2.05, 4.69) is 31.2 Å². The fourth-order valence-electron chi connectivity index (χ4n) is 5.26. The first-order chi connectivity index (χ1) is 20.8. The monoisotopic (exact) mass is 607 g/mol. The molecule has 4 amide bonds. The third-order valence-electron chi connectivity index (χ3n) is 7.60. The molecule has 5 rings (SSSR count). The summed E-state index contributed by atoms with van der Waals surface area (Å²) < 4.78 is 5.69. The molecule has 3 aromatic rings. The van der Waals surface area contributed by atoms with E-state index in [1.54, 1.807) is 5.38 Å². The van der Waals surface area contributed by atoms with E-state index in [-0.39, 0.29) is 60.6 Å². The molecule has 2 aliphatic rings. The number of hydrogen-bond acceptors (Lipinski definition) is 9. The molecule has 0 radical (unpaired) electrons. The predicted octanol–water partition coefficient (Wildman–Crippen LogP) is 2.23. The molecule has 13 heteroatoms. The number of amides is 4. The maximum Gasteiger partial charge on any atom is 0.273 e. The zero-order valence-corrected chi connectivity index (χ0v) is 25.1. The first-order valence-electron chi connectivity index (χ1n) is 14.6. The minimum Gasteiger partial charge on any atom is -0.446 e. The van der Waals surface area contributed by atoms with E-state index in [9.17, 15) is 19.2 Å². The zero-order chi connectivity index (χ0) is 30.3. The van der Waals surface area contributed by atoms with Crippen LogP contribution in [-0.2, 0) is 16.0 Å². The third-order valence-corrected chi connectivity index (χ3v) is 8.53. The zero-order valence-electron chi connectivity index (χ0n) is 24.3. The van der Waals surface area contributed by atoms with E-state index < -0.39 is 23.9 Å². The van der Waals surface area contributed by atoms with Crippen molar-refractivity contribution in [3.05, 3.63) is 69.8 Å². The number of fused-ring (bicyclic) bond motifs is 4. The first kappa shape index (κ1) is 30.4. The second-order valence-corrected chi connectivity index (χ2v) is 12.1. The van der Waals surface area contributed by atoms with Crippen LogP contribution in [0.15, 0.2) is 46.4 Å². The van der Waals surface area contributed by atoms with Crippen LogP contribution in [0.5, 0.6) is 0 Å². The average Bonchev–Trinajstić information content (AvgIpc) is 3.70. The van der Waals surface area contributed by atoms with Crippen molar-refractivity contribution in [2.75, 3.05) is 32.7 Å². The van der Waals surface area contributed by atoms with Gasteiger partial charge in [0.2, 0.25) is 17.7 Å². The smallest absolute Gasteiger partial charge is 0.273 e. The summed E-state index contributed by atoms with van der Waals surface area (Å²) in [6.45, 7) is 5.43. The molecule has 0 aliphatic carbocycles. The van der Waals surface area contributed by atoms with E-state index in [1.807, 2.05) is 44.2 Å². The standard InChI is InChI=1S/C30H37N7O5S/c1-18(2)25-29-35-23(17-43-29)27(40)33-21(13-19-7-4-3-5-8-19)28-34-22(16-42-28)26(39)32-11-12-37(15-24(38)36-25)30(41)20-9-6-10-31-14-20/h3-5,7-8,16-18,20-21,25,31H,6,9-15H2,1-2H3,(H,32,39)(H,33,40)(H,36,38)/t20-,21+,25+/m1/s1. The highest BCUT2D eigenvalue weighted by atomic mass is 32.1. The highest BCUT2D eigenvalue weighted by Gasteiger charge is 2.30. The molecular weight excluding hydrogens is 570 g/mol. The number of nitrogens with one attached hydrogen (secondary N) is 4. The van der Waals surface area contributed by atoms with Gasteiger partial charge in [0.05, 0.1) is 18.5 Å². The lowest BCUT2D eigenvalue weighted by atomic mass is 9.98. The van der Waals surface area contributed by atoms with Gasteiger partial charge >= 0.3 is 0 Å². The molecule has 43 heavy (non-hydrogen) atoms. The lowest BCUT2D eigenvalue weighted by Crippen LogP contribution is -2.49. The molecule has 2 aromatic heterocycles. The molecule has 1 fully saturated rings. The Bertz CT molecular complexity index is 1430. The van der Waals surface area contributed by atoms with Crippen LogP contribution in [0.4, 0.5) is 0 Å². The largest absolute Gasteiger partial charge is 0.446 e. The highest BCUT2D eigenvalue weighted by molar-refractivity contribution is 7.09. The molecule has 4 heterocycles. The number of piperidine rings is 1. The second kappa shape index (κ2) is 13.9. The Labute approximate surface area is 254 Å². The highest BCUT2D eigenvalue weighted by Crippen LogP contribution is 2.26. The number of carbonyl (C=O) groups excluding carboxylic acids is 4. The number of hydrogen-bond donors (Lipinski definition) is 4. The Kier molecular flexibility index (Phi) is 9.82. The van der Waals surface area contributed by atoms with Gasteiger partial charge in [-0.15, -0.1) is 11.3 Å². The Morgan fingerprint density at radius 1 is 1.07 bits per heavy atom. The molecule has 12 nitrogen and oxygen atoms in total. The maximum atomic E-state index is 13.5. The van der Waals surface area contributed by atoms with Crippen molar-refractivity contribution in [2.45, 2.75) is 45.2 Å². The quantitative estimate of drug-likeness (QED) is 0.352. The van der Waals surface area contributed by atoms with Gasteiger partial charge in [0.15, 0.2) is 5.69 Å². The fraction of sp³-hybridized carbons (Fsp3) is 0.467. The lowest BCUT2D eigenvalue weighted by molar-refractivity contribution is -0.140. The Hall–Kier alpha value is -4.10. The van der Waals surface area contributed by atoms with Crippen molar-refractivity contribution in [1.29, 1.82) is 0 Å². The molecule has 2 aliphatic heterocycles. The molecule has 0 unspecified atom stereocenters. The summed E-state index contributed by atoms with van der Waals surface area (Å²) in [4.78, 5) is 63.6. The number of nitrogens with zero attached hydrogens (tertiary/aromatic N) is 3. The Balaban J connectivity index is 1.44. The van der Waals surface area contributed by atoms with Crippen LogP contribution in [0.1, 0.15) is 76.2 Å². The minimum absolute atomic E-state index is 0.0286. The number of carbonyl (C=O) groups is 4. The topological polar surface area (TPSA) is 159 Å². The van der Waals surface area contributed by atoms with Crippen molar-refractivity contribution in [3.63, 3.8) is 0 Å². The summed E-state index contributed by atoms with van der Waals surface area (Å²) in [6, 6.07) is 8.44. The van der Waals surface area contributed by atoms with Gasteiger partial charge in [-0.05, 0) is 30.9 Å². The number of aromatic nitrogens is 2. The summed E-state index contributed by atoms with van der Waals surface area (Å²) in [6.07, 6.45) is 3.24. The number of benzene rings is 1. The van der Waals surface area contributed by atoms with E-state index in [0.29, 0.717) is 18.0 Å². The maximum absolute atomic E-state index is 13.5. The van der Waals surface area contributed by atoms with E-state index in [0.717, 1.165) is 24.9 Å². The van der Waals surface area contributed by atoms with Crippen LogP contribution in [-0.4, -0.2) is 71.2 Å². The molecule has 0 saturated carbocycles. The Morgan fingerprint density at radius 2 is 1.88 bits per heavy atom. The van der Waals surface area contributed by atoms with E-state index in [4.69, 9.17) is 4.42 Å². The molecule has 3 atom stereocenters. The van der Waals surface area contributed by atoms with Crippen LogP contribution in [0.3, 0.4) is 0 Å². The molecule has 0 spiro atoms. The van der Waals surface area contributed by atoms with Gasteiger partial charge in [-0.1, -0.05) is 44.2 Å². The number of rotatable bonds is 4. The van der Waals surface area contributed by atoms with E-state index in [1.165, 1.54) is 22.5 Å². The SMILES string of the molecule is CC(C)[C@@H]1NC(=O)CN(C(=O)[C@@H]2CCCNC2)CCNC(=O)c2coc(n2)[C@H](Cc2ccccc2)NC(=O)c2csc1n2. The normalized spacial score (nSPS) is 22.3. The summed E-state index contributed by atoms with van der Waals surface area (Å²) in [7, 11) is 0.